The van der Waals surface area contributed by atoms with Crippen molar-refractivity contribution < 1.29 is 14.5 Å². The van der Waals surface area contributed by atoms with Gasteiger partial charge in [-0.3, -0.25) is 14.5 Å². The number of quaternary nitrogens is 1. The molecule has 0 radical (unpaired) electrons. The van der Waals surface area contributed by atoms with Crippen LogP contribution in [0.25, 0.3) is 0 Å². The summed E-state index contributed by atoms with van der Waals surface area (Å²) in [6.07, 6.45) is 9.89. The van der Waals surface area contributed by atoms with E-state index in [4.69, 9.17) is 0 Å². The minimum Gasteiger partial charge on any atom is -0.306 e. The lowest BCUT2D eigenvalue weighted by Gasteiger charge is -2.34. The number of imide groups is 1. The van der Waals surface area contributed by atoms with Gasteiger partial charge in [-0.25, -0.2) is 0 Å². The first-order valence-electron chi connectivity index (χ1n) is 9.72. The largest absolute Gasteiger partial charge is 0.306 e. The number of piperidine rings is 1. The van der Waals surface area contributed by atoms with Crippen molar-refractivity contribution >= 4 is 17.5 Å². The van der Waals surface area contributed by atoms with Crippen LogP contribution in [0.3, 0.4) is 0 Å². The van der Waals surface area contributed by atoms with Crippen LogP contribution in [0.5, 0.6) is 0 Å². The molecule has 2 amide bonds. The van der Waals surface area contributed by atoms with Crippen molar-refractivity contribution in [2.45, 2.75) is 44.9 Å². The van der Waals surface area contributed by atoms with E-state index in [9.17, 15) is 9.59 Å². The van der Waals surface area contributed by atoms with E-state index in [2.05, 4.69) is 6.08 Å². The SMILES string of the molecule is O=C1C[C@H]([C@@H]2CCCC=C2[NH+]2CCCCC2)C(=O)N1c1ccccc1. The Kier molecular flexibility index (Phi) is 4.71. The molecule has 0 aromatic heterocycles. The molecule has 25 heavy (non-hydrogen) atoms. The zero-order valence-corrected chi connectivity index (χ0v) is 14.7. The van der Waals surface area contributed by atoms with Crippen LogP contribution in [-0.4, -0.2) is 24.9 Å². The number of para-hydroxylation sites is 1. The lowest BCUT2D eigenvalue weighted by atomic mass is 9.80. The van der Waals surface area contributed by atoms with E-state index in [1.54, 1.807) is 4.90 Å². The number of hydrogen-bond donors (Lipinski definition) is 1. The molecule has 1 aromatic carbocycles. The molecule has 4 rings (SSSR count). The Bertz CT molecular complexity index is 676. The van der Waals surface area contributed by atoms with Crippen molar-refractivity contribution in [3.05, 3.63) is 42.1 Å². The number of carbonyl (C=O) groups is 2. The van der Waals surface area contributed by atoms with Gasteiger partial charge in [0.05, 0.1) is 24.7 Å². The van der Waals surface area contributed by atoms with Crippen molar-refractivity contribution in [3.8, 4) is 0 Å². The quantitative estimate of drug-likeness (QED) is 0.859. The van der Waals surface area contributed by atoms with Crippen LogP contribution in [-0.2, 0) is 9.59 Å². The molecule has 2 heterocycles. The van der Waals surface area contributed by atoms with E-state index in [1.807, 2.05) is 30.3 Å². The molecule has 2 saturated heterocycles. The summed E-state index contributed by atoms with van der Waals surface area (Å²) in [6.45, 7) is 2.36. The molecule has 4 nitrogen and oxygen atoms in total. The van der Waals surface area contributed by atoms with Gasteiger partial charge in [0.2, 0.25) is 11.8 Å². The second-order valence-electron chi connectivity index (χ2n) is 7.57. The molecule has 1 aromatic rings. The first-order chi connectivity index (χ1) is 12.3. The molecule has 3 aliphatic rings. The lowest BCUT2D eigenvalue weighted by Crippen LogP contribution is -3.11. The fraction of sp³-hybridized carbons (Fsp3) is 0.524. The fourth-order valence-electron chi connectivity index (χ4n) is 4.81. The summed E-state index contributed by atoms with van der Waals surface area (Å²) in [5.41, 5.74) is 2.14. The van der Waals surface area contributed by atoms with E-state index in [-0.39, 0.29) is 23.7 Å². The molecular formula is C21H27N2O2+. The zero-order chi connectivity index (χ0) is 17.2. The van der Waals surface area contributed by atoms with E-state index >= 15 is 0 Å². The van der Waals surface area contributed by atoms with Crippen LogP contribution < -0.4 is 9.80 Å². The number of carbonyl (C=O) groups excluding carboxylic acids is 2. The van der Waals surface area contributed by atoms with Gasteiger partial charge >= 0.3 is 0 Å². The second-order valence-corrected chi connectivity index (χ2v) is 7.57. The summed E-state index contributed by atoms with van der Waals surface area (Å²) in [4.78, 5) is 28.7. The monoisotopic (exact) mass is 339 g/mol. The highest BCUT2D eigenvalue weighted by Crippen LogP contribution is 2.37. The van der Waals surface area contributed by atoms with Gasteiger partial charge in [-0.2, -0.15) is 0 Å². The number of hydrogen-bond acceptors (Lipinski definition) is 2. The van der Waals surface area contributed by atoms with E-state index < -0.39 is 0 Å². The Morgan fingerprint density at radius 1 is 0.920 bits per heavy atom. The number of benzene rings is 1. The highest BCUT2D eigenvalue weighted by Gasteiger charge is 2.47. The van der Waals surface area contributed by atoms with Crippen molar-refractivity contribution in [3.63, 3.8) is 0 Å². The van der Waals surface area contributed by atoms with E-state index in [0.29, 0.717) is 12.1 Å². The van der Waals surface area contributed by atoms with Crippen LogP contribution in [0.4, 0.5) is 5.69 Å². The van der Waals surface area contributed by atoms with Crippen molar-refractivity contribution in [2.75, 3.05) is 18.0 Å². The Hall–Kier alpha value is -1.94. The minimum atomic E-state index is -0.173. The summed E-state index contributed by atoms with van der Waals surface area (Å²) in [5.74, 6) is 0.0332. The predicted molar refractivity (Wildman–Crippen MR) is 97.0 cm³/mol. The van der Waals surface area contributed by atoms with Gasteiger partial charge in [-0.15, -0.1) is 0 Å². The van der Waals surface area contributed by atoms with Gasteiger partial charge in [0, 0.05) is 12.3 Å². The van der Waals surface area contributed by atoms with E-state index in [0.717, 1.165) is 19.3 Å². The third-order valence-electron chi connectivity index (χ3n) is 6.03. The summed E-state index contributed by atoms with van der Waals surface area (Å²) in [5, 5.41) is 0. The second kappa shape index (κ2) is 7.12. The maximum absolute atomic E-state index is 13.1. The molecule has 4 heteroatoms. The smallest absolute Gasteiger partial charge is 0.238 e. The average Bonchev–Trinajstić information content (AvgIpc) is 2.97. The standard InChI is InChI=1S/C21H26N2O2/c24-20-15-18(21(25)23(20)16-9-3-1-4-10-16)17-11-5-6-12-19(17)22-13-7-2-8-14-22/h1,3-4,9-10,12,17-18H,2,5-8,11,13-15H2/p+1/t17-,18+/m0/s1. The van der Waals surface area contributed by atoms with Gasteiger partial charge < -0.3 is 4.90 Å². The summed E-state index contributed by atoms with van der Waals surface area (Å²) >= 11 is 0. The number of likely N-dealkylation sites (tertiary alicyclic amines) is 1. The molecule has 0 spiro atoms. The maximum Gasteiger partial charge on any atom is 0.238 e. The molecule has 1 aliphatic carbocycles. The minimum absolute atomic E-state index is 0.00501. The van der Waals surface area contributed by atoms with Gasteiger partial charge in [-0.05, 0) is 56.7 Å². The van der Waals surface area contributed by atoms with Gasteiger partial charge in [-0.1, -0.05) is 18.2 Å². The first kappa shape index (κ1) is 16.5. The normalized spacial score (nSPS) is 28.3. The molecule has 132 valence electrons. The fourth-order valence-corrected chi connectivity index (χ4v) is 4.81. The summed E-state index contributed by atoms with van der Waals surface area (Å²) < 4.78 is 0. The zero-order valence-electron chi connectivity index (χ0n) is 14.7. The summed E-state index contributed by atoms with van der Waals surface area (Å²) in [7, 11) is 0. The van der Waals surface area contributed by atoms with Crippen LogP contribution in [0.2, 0.25) is 0 Å². The van der Waals surface area contributed by atoms with Gasteiger partial charge in [0.15, 0.2) is 0 Å². The van der Waals surface area contributed by atoms with Gasteiger partial charge in [0.25, 0.3) is 0 Å². The molecular weight excluding hydrogens is 312 g/mol. The Morgan fingerprint density at radius 2 is 1.68 bits per heavy atom. The van der Waals surface area contributed by atoms with Crippen molar-refractivity contribution in [1.29, 1.82) is 0 Å². The van der Waals surface area contributed by atoms with Crippen LogP contribution in [0, 0.1) is 11.8 Å². The third-order valence-corrected chi connectivity index (χ3v) is 6.03. The number of allylic oxidation sites excluding steroid dienone is 2. The first-order valence-corrected chi connectivity index (χ1v) is 9.72. The molecule has 2 aliphatic heterocycles. The van der Waals surface area contributed by atoms with Crippen LogP contribution >= 0.6 is 0 Å². The highest BCUT2D eigenvalue weighted by molar-refractivity contribution is 6.21. The number of rotatable bonds is 3. The average molecular weight is 339 g/mol. The molecule has 0 saturated carbocycles. The topological polar surface area (TPSA) is 41.8 Å². The Morgan fingerprint density at radius 3 is 2.44 bits per heavy atom. The lowest BCUT2D eigenvalue weighted by molar-refractivity contribution is -0.870. The predicted octanol–water partition coefficient (Wildman–Crippen LogP) is 2.32. The van der Waals surface area contributed by atoms with Crippen LogP contribution in [0.15, 0.2) is 42.1 Å². The molecule has 1 N–H and O–H groups in total. The number of anilines is 1. The van der Waals surface area contributed by atoms with Gasteiger partial charge in [0.1, 0.15) is 5.70 Å². The number of amides is 2. The van der Waals surface area contributed by atoms with Crippen molar-refractivity contribution in [2.24, 2.45) is 11.8 Å². The molecule has 0 bridgehead atoms. The van der Waals surface area contributed by atoms with E-state index in [1.165, 1.54) is 42.9 Å². The Labute approximate surface area is 149 Å². The number of nitrogens with zero attached hydrogens (tertiary/aromatic N) is 1. The summed E-state index contributed by atoms with van der Waals surface area (Å²) in [6, 6.07) is 9.38. The maximum atomic E-state index is 13.1. The highest BCUT2D eigenvalue weighted by atomic mass is 16.2. The van der Waals surface area contributed by atoms with Crippen molar-refractivity contribution in [1.82, 2.24) is 0 Å². The molecule has 2 fully saturated rings. The van der Waals surface area contributed by atoms with Crippen LogP contribution in [0.1, 0.15) is 44.9 Å². The molecule has 0 unspecified atom stereocenters. The molecule has 2 atom stereocenters. The third kappa shape index (κ3) is 3.15. The number of nitrogens with one attached hydrogen (secondary N) is 1. The Balaban J connectivity index is 1.58.